The molecule has 4 nitrogen and oxygen atoms in total. The summed E-state index contributed by atoms with van der Waals surface area (Å²) >= 11 is 0. The number of amides is 1. The maximum Gasteiger partial charge on any atom is 0.220 e. The van der Waals surface area contributed by atoms with Crippen LogP contribution < -0.4 is 10.1 Å². The van der Waals surface area contributed by atoms with Crippen molar-refractivity contribution in [2.45, 2.75) is 38.7 Å². The molecule has 1 aromatic rings. The molecule has 0 radical (unpaired) electrons. The maximum atomic E-state index is 11.7. The van der Waals surface area contributed by atoms with Crippen LogP contribution >= 0.6 is 0 Å². The number of aliphatic hydroxyl groups is 1. The zero-order valence-electron chi connectivity index (χ0n) is 11.8. The average Bonchev–Trinajstić information content (AvgIpc) is 2.38. The van der Waals surface area contributed by atoms with E-state index < -0.39 is 0 Å². The first-order valence-corrected chi connectivity index (χ1v) is 6.61. The second kappa shape index (κ2) is 7.79. The number of ether oxygens (including phenoxy) is 1. The molecule has 1 rings (SSSR count). The summed E-state index contributed by atoms with van der Waals surface area (Å²) in [6, 6.07) is 7.76. The quantitative estimate of drug-likeness (QED) is 0.793. The summed E-state index contributed by atoms with van der Waals surface area (Å²) in [4.78, 5) is 11.7. The van der Waals surface area contributed by atoms with E-state index in [1.165, 1.54) is 0 Å². The van der Waals surface area contributed by atoms with E-state index in [0.717, 1.165) is 11.3 Å². The SMILES string of the molecule is COc1cccc(C(C)CC(=O)NCCC(C)O)c1. The van der Waals surface area contributed by atoms with Gasteiger partial charge in [-0.25, -0.2) is 0 Å². The van der Waals surface area contributed by atoms with Crippen molar-refractivity contribution in [1.29, 1.82) is 0 Å². The maximum absolute atomic E-state index is 11.7. The zero-order chi connectivity index (χ0) is 14.3. The van der Waals surface area contributed by atoms with Crippen molar-refractivity contribution in [3.05, 3.63) is 29.8 Å². The molecule has 1 amide bonds. The van der Waals surface area contributed by atoms with Crippen LogP contribution in [0.3, 0.4) is 0 Å². The third kappa shape index (κ3) is 5.75. The van der Waals surface area contributed by atoms with Crippen LogP contribution in [0, 0.1) is 0 Å². The van der Waals surface area contributed by atoms with E-state index in [9.17, 15) is 4.79 Å². The van der Waals surface area contributed by atoms with Gasteiger partial charge in [0.2, 0.25) is 5.91 Å². The van der Waals surface area contributed by atoms with Gasteiger partial charge in [0.05, 0.1) is 13.2 Å². The van der Waals surface area contributed by atoms with Gasteiger partial charge in [-0.15, -0.1) is 0 Å². The summed E-state index contributed by atoms with van der Waals surface area (Å²) in [6.07, 6.45) is 0.641. The number of hydrogen-bond donors (Lipinski definition) is 2. The molecule has 0 aliphatic heterocycles. The monoisotopic (exact) mass is 265 g/mol. The summed E-state index contributed by atoms with van der Waals surface area (Å²) in [5, 5.41) is 11.9. The Morgan fingerprint density at radius 2 is 2.16 bits per heavy atom. The number of nitrogens with one attached hydrogen (secondary N) is 1. The molecule has 0 heterocycles. The normalized spacial score (nSPS) is 13.7. The molecular weight excluding hydrogens is 242 g/mol. The van der Waals surface area contributed by atoms with Crippen LogP contribution in [0.25, 0.3) is 0 Å². The Bertz CT molecular complexity index is 404. The van der Waals surface area contributed by atoms with Gasteiger partial charge in [0, 0.05) is 13.0 Å². The van der Waals surface area contributed by atoms with E-state index >= 15 is 0 Å². The van der Waals surface area contributed by atoms with E-state index in [4.69, 9.17) is 9.84 Å². The highest BCUT2D eigenvalue weighted by Crippen LogP contribution is 2.22. The van der Waals surface area contributed by atoms with Gasteiger partial charge in [-0.05, 0) is 37.0 Å². The van der Waals surface area contributed by atoms with Crippen LogP contribution in [0.15, 0.2) is 24.3 Å². The number of benzene rings is 1. The molecule has 0 aliphatic rings. The fraction of sp³-hybridized carbons (Fsp3) is 0.533. The van der Waals surface area contributed by atoms with Gasteiger partial charge in [0.15, 0.2) is 0 Å². The molecule has 0 saturated heterocycles. The number of hydrogen-bond acceptors (Lipinski definition) is 3. The predicted molar refractivity (Wildman–Crippen MR) is 75.3 cm³/mol. The minimum atomic E-state index is -0.379. The van der Waals surface area contributed by atoms with Gasteiger partial charge >= 0.3 is 0 Å². The Morgan fingerprint density at radius 3 is 2.79 bits per heavy atom. The Labute approximate surface area is 114 Å². The highest BCUT2D eigenvalue weighted by atomic mass is 16.5. The third-order valence-electron chi connectivity index (χ3n) is 3.04. The first kappa shape index (κ1) is 15.5. The predicted octanol–water partition coefficient (Wildman–Crippen LogP) is 2.08. The first-order valence-electron chi connectivity index (χ1n) is 6.61. The summed E-state index contributed by atoms with van der Waals surface area (Å²) in [7, 11) is 1.63. The van der Waals surface area contributed by atoms with Gasteiger partial charge in [-0.3, -0.25) is 4.79 Å². The lowest BCUT2D eigenvalue weighted by Gasteiger charge is -2.13. The molecule has 106 valence electrons. The molecule has 0 aliphatic carbocycles. The van der Waals surface area contributed by atoms with E-state index in [1.54, 1.807) is 14.0 Å². The second-order valence-corrected chi connectivity index (χ2v) is 4.87. The molecule has 19 heavy (non-hydrogen) atoms. The summed E-state index contributed by atoms with van der Waals surface area (Å²) in [6.45, 7) is 4.25. The van der Waals surface area contributed by atoms with Gasteiger partial charge in [0.1, 0.15) is 5.75 Å². The number of aliphatic hydroxyl groups excluding tert-OH is 1. The van der Waals surface area contributed by atoms with Crippen LogP contribution in [-0.4, -0.2) is 30.8 Å². The average molecular weight is 265 g/mol. The van der Waals surface area contributed by atoms with Crippen molar-refractivity contribution < 1.29 is 14.6 Å². The molecule has 4 heteroatoms. The summed E-state index contributed by atoms with van der Waals surface area (Å²) in [5.41, 5.74) is 1.09. The van der Waals surface area contributed by atoms with Crippen LogP contribution in [0.5, 0.6) is 5.75 Å². The van der Waals surface area contributed by atoms with E-state index in [-0.39, 0.29) is 17.9 Å². The fourth-order valence-electron chi connectivity index (χ4n) is 1.84. The van der Waals surface area contributed by atoms with Crippen LogP contribution in [0.1, 0.15) is 38.2 Å². The molecule has 2 N–H and O–H groups in total. The molecule has 1 aromatic carbocycles. The highest BCUT2D eigenvalue weighted by Gasteiger charge is 2.11. The van der Waals surface area contributed by atoms with Crippen molar-refractivity contribution in [3.63, 3.8) is 0 Å². The molecule has 0 aromatic heterocycles. The molecule has 0 bridgehead atoms. The second-order valence-electron chi connectivity index (χ2n) is 4.87. The largest absolute Gasteiger partial charge is 0.497 e. The van der Waals surface area contributed by atoms with Gasteiger partial charge in [0.25, 0.3) is 0 Å². The van der Waals surface area contributed by atoms with Gasteiger partial charge < -0.3 is 15.2 Å². The molecule has 0 fully saturated rings. The van der Waals surface area contributed by atoms with Gasteiger partial charge in [-0.1, -0.05) is 19.1 Å². The Kier molecular flexibility index (Phi) is 6.36. The van der Waals surface area contributed by atoms with Crippen molar-refractivity contribution in [2.24, 2.45) is 0 Å². The minimum absolute atomic E-state index is 0.0102. The van der Waals surface area contributed by atoms with E-state index in [2.05, 4.69) is 5.32 Å². The Hall–Kier alpha value is -1.55. The van der Waals surface area contributed by atoms with Crippen molar-refractivity contribution in [3.8, 4) is 5.75 Å². The molecule has 2 unspecified atom stereocenters. The Balaban J connectivity index is 2.44. The minimum Gasteiger partial charge on any atom is -0.497 e. The molecule has 2 atom stereocenters. The molecular formula is C15H23NO3. The molecule has 0 spiro atoms. The lowest BCUT2D eigenvalue weighted by atomic mass is 9.97. The zero-order valence-corrected chi connectivity index (χ0v) is 11.8. The number of carbonyl (C=O) groups excluding carboxylic acids is 1. The smallest absolute Gasteiger partial charge is 0.220 e. The summed E-state index contributed by atoms with van der Waals surface area (Å²) in [5.74, 6) is 0.955. The number of rotatable bonds is 7. The number of methoxy groups -OCH3 is 1. The Morgan fingerprint density at radius 1 is 1.42 bits per heavy atom. The first-order chi connectivity index (χ1) is 9.02. The van der Waals surface area contributed by atoms with Crippen LogP contribution in [-0.2, 0) is 4.79 Å². The van der Waals surface area contributed by atoms with E-state index in [1.807, 2.05) is 31.2 Å². The fourth-order valence-corrected chi connectivity index (χ4v) is 1.84. The van der Waals surface area contributed by atoms with Crippen molar-refractivity contribution >= 4 is 5.91 Å². The lowest BCUT2D eigenvalue weighted by Crippen LogP contribution is -2.27. The third-order valence-corrected chi connectivity index (χ3v) is 3.04. The summed E-state index contributed by atoms with van der Waals surface area (Å²) < 4.78 is 5.17. The number of carbonyl (C=O) groups is 1. The van der Waals surface area contributed by atoms with Crippen LogP contribution in [0.4, 0.5) is 0 Å². The highest BCUT2D eigenvalue weighted by molar-refractivity contribution is 5.76. The van der Waals surface area contributed by atoms with Crippen LogP contribution in [0.2, 0.25) is 0 Å². The lowest BCUT2D eigenvalue weighted by molar-refractivity contribution is -0.121. The standard InChI is InChI=1S/C15H23NO3/c1-11(9-15(18)16-8-7-12(2)17)13-5-4-6-14(10-13)19-3/h4-6,10-12,17H,7-9H2,1-3H3,(H,16,18). The molecule has 0 saturated carbocycles. The van der Waals surface area contributed by atoms with Crippen molar-refractivity contribution in [1.82, 2.24) is 5.32 Å². The van der Waals surface area contributed by atoms with Gasteiger partial charge in [-0.2, -0.15) is 0 Å². The van der Waals surface area contributed by atoms with Crippen molar-refractivity contribution in [2.75, 3.05) is 13.7 Å². The topological polar surface area (TPSA) is 58.6 Å². The van der Waals surface area contributed by atoms with E-state index in [0.29, 0.717) is 19.4 Å².